The molecule has 0 N–H and O–H groups in total. The van der Waals surface area contributed by atoms with Crippen LogP contribution in [0.1, 0.15) is 30.1 Å². The largest absolute Gasteiger partial charge is 0.343 e. The molecule has 3 atom stereocenters. The molecule has 7 heteroatoms. The van der Waals surface area contributed by atoms with E-state index in [-0.39, 0.29) is 24.0 Å². The number of aromatic nitrogens is 1. The maximum absolute atomic E-state index is 13.1. The summed E-state index contributed by atoms with van der Waals surface area (Å²) < 4.78 is 6.53. The highest BCUT2D eigenvalue weighted by Crippen LogP contribution is 2.50. The van der Waals surface area contributed by atoms with Crippen molar-refractivity contribution in [2.45, 2.75) is 37.3 Å². The molecule has 5 rings (SSSR count). The second-order valence-corrected chi connectivity index (χ2v) is 8.45. The molecular formula is C23H26N4O3. The van der Waals surface area contributed by atoms with Crippen molar-refractivity contribution >= 4 is 11.8 Å². The highest BCUT2D eigenvalue weighted by Gasteiger charge is 2.64. The third-order valence-corrected chi connectivity index (χ3v) is 6.53. The van der Waals surface area contributed by atoms with Crippen LogP contribution in [0, 0.1) is 0 Å². The van der Waals surface area contributed by atoms with Gasteiger partial charge in [-0.25, -0.2) is 0 Å². The van der Waals surface area contributed by atoms with Gasteiger partial charge in [0.15, 0.2) is 5.72 Å². The van der Waals surface area contributed by atoms with Gasteiger partial charge in [-0.3, -0.25) is 19.5 Å². The first-order valence-electron chi connectivity index (χ1n) is 10.5. The van der Waals surface area contributed by atoms with E-state index in [2.05, 4.69) is 4.98 Å². The Labute approximate surface area is 176 Å². The molecule has 4 heterocycles. The molecule has 2 aromatic rings. The number of amides is 2. The average molecular weight is 406 g/mol. The number of nitrogens with zero attached hydrogens (tertiary/aromatic N) is 4. The van der Waals surface area contributed by atoms with E-state index < -0.39 is 5.72 Å². The standard InChI is InChI=1S/C23H26N4O3/c1-25(14-17-7-10-24-11-8-17)16-22(29)26-12-9-23-20(26)13-21(28)27(23)15-19(30-23)18-5-3-2-4-6-18/h2-8,10-11,19-20H,9,12-16H2,1H3/t19-,20-,23+/m1/s1. The zero-order chi connectivity index (χ0) is 20.7. The summed E-state index contributed by atoms with van der Waals surface area (Å²) in [6.45, 7) is 2.17. The van der Waals surface area contributed by atoms with Gasteiger partial charge in [-0.05, 0) is 30.3 Å². The van der Waals surface area contributed by atoms with Gasteiger partial charge in [0.2, 0.25) is 11.8 Å². The Balaban J connectivity index is 1.29. The van der Waals surface area contributed by atoms with Gasteiger partial charge >= 0.3 is 0 Å². The average Bonchev–Trinajstić information content (AvgIpc) is 3.38. The number of rotatable bonds is 5. The maximum Gasteiger partial charge on any atom is 0.237 e. The van der Waals surface area contributed by atoms with E-state index in [0.717, 1.165) is 11.1 Å². The number of likely N-dealkylation sites (N-methyl/N-ethyl adjacent to an activating group) is 1. The van der Waals surface area contributed by atoms with Crippen LogP contribution in [0.15, 0.2) is 54.9 Å². The molecule has 3 aliphatic heterocycles. The molecule has 3 fully saturated rings. The minimum Gasteiger partial charge on any atom is -0.343 e. The van der Waals surface area contributed by atoms with Crippen LogP contribution in [0.25, 0.3) is 0 Å². The molecule has 0 radical (unpaired) electrons. The zero-order valence-corrected chi connectivity index (χ0v) is 17.1. The van der Waals surface area contributed by atoms with Crippen LogP contribution < -0.4 is 0 Å². The summed E-state index contributed by atoms with van der Waals surface area (Å²) >= 11 is 0. The number of pyridine rings is 1. The summed E-state index contributed by atoms with van der Waals surface area (Å²) in [6.07, 6.45) is 4.40. The smallest absolute Gasteiger partial charge is 0.237 e. The summed E-state index contributed by atoms with van der Waals surface area (Å²) in [4.78, 5) is 35.7. The summed E-state index contributed by atoms with van der Waals surface area (Å²) in [5, 5.41) is 0. The number of hydrogen-bond donors (Lipinski definition) is 0. The molecular weight excluding hydrogens is 380 g/mol. The van der Waals surface area contributed by atoms with E-state index in [1.165, 1.54) is 0 Å². The summed E-state index contributed by atoms with van der Waals surface area (Å²) in [5.41, 5.74) is 1.52. The van der Waals surface area contributed by atoms with Gasteiger partial charge in [0.05, 0.1) is 25.6 Å². The van der Waals surface area contributed by atoms with Crippen molar-refractivity contribution in [1.29, 1.82) is 0 Å². The predicted octanol–water partition coefficient (Wildman–Crippen LogP) is 1.81. The Bertz CT molecular complexity index is 938. The fourth-order valence-corrected chi connectivity index (χ4v) is 5.14. The molecule has 1 aromatic carbocycles. The number of hydrogen-bond acceptors (Lipinski definition) is 5. The van der Waals surface area contributed by atoms with E-state index >= 15 is 0 Å². The number of benzene rings is 1. The first kappa shape index (κ1) is 19.2. The Morgan fingerprint density at radius 1 is 1.23 bits per heavy atom. The van der Waals surface area contributed by atoms with Crippen LogP contribution in [-0.4, -0.2) is 69.9 Å². The molecule has 0 bridgehead atoms. The van der Waals surface area contributed by atoms with Crippen molar-refractivity contribution in [3.8, 4) is 0 Å². The third-order valence-electron chi connectivity index (χ3n) is 6.53. The minimum absolute atomic E-state index is 0.0508. The predicted molar refractivity (Wildman–Crippen MR) is 110 cm³/mol. The van der Waals surface area contributed by atoms with Gasteiger partial charge in [-0.1, -0.05) is 30.3 Å². The summed E-state index contributed by atoms with van der Waals surface area (Å²) in [7, 11) is 1.94. The molecule has 1 aromatic heterocycles. The number of carbonyl (C=O) groups is 2. The first-order valence-corrected chi connectivity index (χ1v) is 10.5. The van der Waals surface area contributed by atoms with E-state index in [9.17, 15) is 9.59 Å². The molecule has 0 unspecified atom stereocenters. The molecule has 2 amide bonds. The van der Waals surface area contributed by atoms with Gasteiger partial charge in [0, 0.05) is 31.9 Å². The number of carbonyl (C=O) groups excluding carboxylic acids is 2. The second-order valence-electron chi connectivity index (χ2n) is 8.45. The third kappa shape index (κ3) is 3.18. The van der Waals surface area contributed by atoms with Crippen LogP contribution in [0.2, 0.25) is 0 Å². The maximum atomic E-state index is 13.1. The van der Waals surface area contributed by atoms with E-state index in [0.29, 0.717) is 39.0 Å². The van der Waals surface area contributed by atoms with Crippen molar-refractivity contribution in [1.82, 2.24) is 19.7 Å². The molecule has 1 spiro atoms. The Kier molecular flexibility index (Phi) is 4.79. The molecule has 0 saturated carbocycles. The molecule has 3 saturated heterocycles. The Morgan fingerprint density at radius 3 is 2.77 bits per heavy atom. The van der Waals surface area contributed by atoms with E-state index in [1.807, 2.05) is 64.2 Å². The summed E-state index contributed by atoms with van der Waals surface area (Å²) in [5.74, 6) is 0.135. The van der Waals surface area contributed by atoms with Crippen LogP contribution >= 0.6 is 0 Å². The molecule has 7 nitrogen and oxygen atoms in total. The van der Waals surface area contributed by atoms with Crippen LogP contribution in [0.5, 0.6) is 0 Å². The SMILES string of the molecule is CN(CC(=O)N1CC[C@@]23O[C@@H](c4ccccc4)CN2C(=O)C[C@@H]13)Cc1ccncc1. The fraction of sp³-hybridized carbons (Fsp3) is 0.435. The highest BCUT2D eigenvalue weighted by molar-refractivity contribution is 5.85. The van der Waals surface area contributed by atoms with Crippen molar-refractivity contribution in [3.63, 3.8) is 0 Å². The monoisotopic (exact) mass is 406 g/mol. The lowest BCUT2D eigenvalue weighted by Gasteiger charge is -2.32. The lowest BCUT2D eigenvalue weighted by molar-refractivity contribution is -0.143. The normalized spacial score (nSPS) is 27.6. The Morgan fingerprint density at radius 2 is 2.00 bits per heavy atom. The quantitative estimate of drug-likeness (QED) is 0.758. The van der Waals surface area contributed by atoms with Crippen LogP contribution in [-0.2, 0) is 20.9 Å². The molecule has 156 valence electrons. The van der Waals surface area contributed by atoms with Gasteiger partial charge in [0.25, 0.3) is 0 Å². The summed E-state index contributed by atoms with van der Waals surface area (Å²) in [6, 6.07) is 13.7. The Hall–Kier alpha value is -2.77. The van der Waals surface area contributed by atoms with E-state index in [1.54, 1.807) is 12.4 Å². The van der Waals surface area contributed by atoms with Crippen molar-refractivity contribution in [2.24, 2.45) is 0 Å². The van der Waals surface area contributed by atoms with Gasteiger partial charge < -0.3 is 14.5 Å². The van der Waals surface area contributed by atoms with Crippen molar-refractivity contribution < 1.29 is 14.3 Å². The van der Waals surface area contributed by atoms with Crippen LogP contribution in [0.4, 0.5) is 0 Å². The van der Waals surface area contributed by atoms with Crippen molar-refractivity contribution in [3.05, 3.63) is 66.0 Å². The van der Waals surface area contributed by atoms with Gasteiger partial charge in [0.1, 0.15) is 6.10 Å². The minimum atomic E-state index is -0.670. The lowest BCUT2D eigenvalue weighted by Crippen LogP contribution is -2.50. The van der Waals surface area contributed by atoms with E-state index in [4.69, 9.17) is 4.74 Å². The zero-order valence-electron chi connectivity index (χ0n) is 17.1. The molecule has 30 heavy (non-hydrogen) atoms. The fourth-order valence-electron chi connectivity index (χ4n) is 5.14. The van der Waals surface area contributed by atoms with Crippen LogP contribution in [0.3, 0.4) is 0 Å². The highest BCUT2D eigenvalue weighted by atomic mass is 16.5. The van der Waals surface area contributed by atoms with Gasteiger partial charge in [-0.2, -0.15) is 0 Å². The van der Waals surface area contributed by atoms with Gasteiger partial charge in [-0.15, -0.1) is 0 Å². The topological polar surface area (TPSA) is 66.0 Å². The first-order chi connectivity index (χ1) is 14.6. The molecule has 0 aliphatic carbocycles. The molecule has 3 aliphatic rings. The number of ether oxygens (including phenoxy) is 1. The lowest BCUT2D eigenvalue weighted by atomic mass is 10.1. The van der Waals surface area contributed by atoms with Crippen molar-refractivity contribution in [2.75, 3.05) is 26.7 Å². The second kappa shape index (κ2) is 7.49. The number of likely N-dealkylation sites (tertiary alicyclic amines) is 1.